The van der Waals surface area contributed by atoms with E-state index in [4.69, 9.17) is 9.57 Å². The van der Waals surface area contributed by atoms with Crippen molar-refractivity contribution < 1.29 is 9.57 Å². The van der Waals surface area contributed by atoms with Crippen LogP contribution in [0.1, 0.15) is 25.0 Å². The van der Waals surface area contributed by atoms with E-state index in [1.165, 1.54) is 16.5 Å². The smallest absolute Gasteiger partial charge is 0.368 e. The SMILES string of the molecule is CCc1cccc(-n2nnn(C)c2=O)c1CON=C(C)OC. The number of oxime groups is 1. The summed E-state index contributed by atoms with van der Waals surface area (Å²) in [6.07, 6.45) is 0.800. The van der Waals surface area contributed by atoms with Crippen LogP contribution in [-0.4, -0.2) is 32.8 Å². The molecule has 0 unspecified atom stereocenters. The van der Waals surface area contributed by atoms with E-state index in [0.29, 0.717) is 11.6 Å². The topological polar surface area (TPSA) is 83.5 Å². The van der Waals surface area contributed by atoms with Crippen LogP contribution >= 0.6 is 0 Å². The number of hydrogen-bond acceptors (Lipinski definition) is 6. The molecule has 8 heteroatoms. The fraction of sp³-hybridized carbons (Fsp3) is 0.429. The van der Waals surface area contributed by atoms with Crippen LogP contribution in [0.4, 0.5) is 0 Å². The van der Waals surface area contributed by atoms with E-state index in [1.54, 1.807) is 20.0 Å². The van der Waals surface area contributed by atoms with Gasteiger partial charge in [-0.2, -0.15) is 9.36 Å². The first-order valence-electron chi connectivity index (χ1n) is 6.89. The van der Waals surface area contributed by atoms with Crippen LogP contribution < -0.4 is 5.69 Å². The van der Waals surface area contributed by atoms with E-state index >= 15 is 0 Å². The van der Waals surface area contributed by atoms with Crippen LogP contribution in [0.2, 0.25) is 0 Å². The first-order valence-corrected chi connectivity index (χ1v) is 6.89. The standard InChI is InChI=1S/C14H19N5O3/c1-5-11-7-6-8-13(19-14(20)18(3)16-17-19)12(11)9-22-15-10(2)21-4/h6-8H,5,9H2,1-4H3. The molecular weight excluding hydrogens is 286 g/mol. The second-order valence-electron chi connectivity index (χ2n) is 4.65. The van der Waals surface area contributed by atoms with Crippen LogP contribution in [-0.2, 0) is 29.6 Å². The molecule has 22 heavy (non-hydrogen) atoms. The number of rotatable bonds is 5. The molecule has 0 atom stereocenters. The summed E-state index contributed by atoms with van der Waals surface area (Å²) >= 11 is 0. The minimum Gasteiger partial charge on any atom is -0.482 e. The zero-order valence-electron chi connectivity index (χ0n) is 13.1. The van der Waals surface area contributed by atoms with Crippen molar-refractivity contribution in [2.45, 2.75) is 26.9 Å². The lowest BCUT2D eigenvalue weighted by molar-refractivity contribution is 0.121. The quantitative estimate of drug-likeness (QED) is 0.468. The van der Waals surface area contributed by atoms with Crippen molar-refractivity contribution in [3.63, 3.8) is 0 Å². The minimum atomic E-state index is -0.314. The molecule has 0 spiro atoms. The van der Waals surface area contributed by atoms with Gasteiger partial charge in [-0.05, 0) is 28.5 Å². The number of methoxy groups -OCH3 is 1. The molecule has 0 bridgehead atoms. The monoisotopic (exact) mass is 305 g/mol. The fourth-order valence-corrected chi connectivity index (χ4v) is 2.01. The summed E-state index contributed by atoms with van der Waals surface area (Å²) in [4.78, 5) is 17.4. The normalized spacial score (nSPS) is 11.5. The summed E-state index contributed by atoms with van der Waals surface area (Å²) in [5.41, 5.74) is 2.23. The van der Waals surface area contributed by atoms with E-state index < -0.39 is 0 Å². The van der Waals surface area contributed by atoms with E-state index in [2.05, 4.69) is 15.6 Å². The van der Waals surface area contributed by atoms with Gasteiger partial charge < -0.3 is 9.57 Å². The lowest BCUT2D eigenvalue weighted by Crippen LogP contribution is -2.23. The molecule has 1 aromatic heterocycles. The van der Waals surface area contributed by atoms with Crippen molar-refractivity contribution in [1.29, 1.82) is 0 Å². The van der Waals surface area contributed by atoms with Crippen LogP contribution in [0.3, 0.4) is 0 Å². The Kier molecular flexibility index (Phi) is 4.92. The average molecular weight is 305 g/mol. The summed E-state index contributed by atoms with van der Waals surface area (Å²) in [7, 11) is 3.07. The second kappa shape index (κ2) is 6.88. The maximum Gasteiger partial charge on any atom is 0.368 e. The molecule has 0 amide bonds. The highest BCUT2D eigenvalue weighted by molar-refractivity contribution is 5.72. The molecule has 0 fully saturated rings. The predicted molar refractivity (Wildman–Crippen MR) is 80.9 cm³/mol. The highest BCUT2D eigenvalue weighted by Crippen LogP contribution is 2.19. The highest BCUT2D eigenvalue weighted by Gasteiger charge is 2.14. The van der Waals surface area contributed by atoms with Crippen molar-refractivity contribution in [1.82, 2.24) is 19.8 Å². The van der Waals surface area contributed by atoms with E-state index in [0.717, 1.165) is 17.5 Å². The Hall–Kier alpha value is -2.64. The molecule has 0 saturated heterocycles. The Bertz CT molecular complexity index is 732. The van der Waals surface area contributed by atoms with Gasteiger partial charge in [-0.25, -0.2) is 4.79 Å². The minimum absolute atomic E-state index is 0.211. The lowest BCUT2D eigenvalue weighted by atomic mass is 10.0. The third-order valence-electron chi connectivity index (χ3n) is 3.28. The Balaban J connectivity index is 2.42. The largest absolute Gasteiger partial charge is 0.482 e. The number of tetrazole rings is 1. The fourth-order valence-electron chi connectivity index (χ4n) is 2.01. The molecule has 0 aliphatic heterocycles. The maximum atomic E-state index is 12.1. The average Bonchev–Trinajstić information content (AvgIpc) is 2.86. The Morgan fingerprint density at radius 3 is 2.73 bits per heavy atom. The molecule has 118 valence electrons. The van der Waals surface area contributed by atoms with Gasteiger partial charge in [0.2, 0.25) is 5.90 Å². The van der Waals surface area contributed by atoms with Crippen LogP contribution in [0.25, 0.3) is 5.69 Å². The van der Waals surface area contributed by atoms with Crippen molar-refractivity contribution in [2.75, 3.05) is 7.11 Å². The maximum absolute atomic E-state index is 12.1. The molecule has 2 aromatic rings. The third kappa shape index (κ3) is 3.16. The van der Waals surface area contributed by atoms with Crippen LogP contribution in [0, 0.1) is 0 Å². The van der Waals surface area contributed by atoms with Crippen LogP contribution in [0.5, 0.6) is 0 Å². The Morgan fingerprint density at radius 1 is 1.36 bits per heavy atom. The van der Waals surface area contributed by atoms with Gasteiger partial charge in [0, 0.05) is 19.5 Å². The van der Waals surface area contributed by atoms with E-state index in [1.807, 2.05) is 19.1 Å². The second-order valence-corrected chi connectivity index (χ2v) is 4.65. The number of aromatic nitrogens is 4. The van der Waals surface area contributed by atoms with Crippen molar-refractivity contribution in [3.05, 3.63) is 39.8 Å². The summed E-state index contributed by atoms with van der Waals surface area (Å²) in [6, 6.07) is 5.67. The lowest BCUT2D eigenvalue weighted by Gasteiger charge is -2.12. The number of nitrogens with zero attached hydrogens (tertiary/aromatic N) is 5. The highest BCUT2D eigenvalue weighted by atomic mass is 16.6. The number of hydrogen-bond donors (Lipinski definition) is 0. The van der Waals surface area contributed by atoms with Gasteiger partial charge in [0.15, 0.2) is 0 Å². The first-order chi connectivity index (χ1) is 10.6. The molecule has 1 heterocycles. The molecule has 1 aromatic carbocycles. The van der Waals surface area contributed by atoms with Gasteiger partial charge in [-0.15, -0.1) is 0 Å². The molecule has 0 aliphatic carbocycles. The summed E-state index contributed by atoms with van der Waals surface area (Å²) in [6.45, 7) is 3.94. The van der Waals surface area contributed by atoms with Gasteiger partial charge in [0.1, 0.15) is 6.61 Å². The Labute approximate surface area is 127 Å². The van der Waals surface area contributed by atoms with E-state index in [-0.39, 0.29) is 12.3 Å². The predicted octanol–water partition coefficient (Wildman–Crippen LogP) is 1.02. The van der Waals surface area contributed by atoms with Gasteiger partial charge in [0.05, 0.1) is 12.8 Å². The summed E-state index contributed by atoms with van der Waals surface area (Å²) in [5, 5.41) is 11.5. The zero-order chi connectivity index (χ0) is 16.1. The van der Waals surface area contributed by atoms with Gasteiger partial charge in [-0.3, -0.25) is 0 Å². The molecular formula is C14H19N5O3. The van der Waals surface area contributed by atoms with Crippen molar-refractivity contribution in [2.24, 2.45) is 12.2 Å². The Morgan fingerprint density at radius 2 is 2.14 bits per heavy atom. The molecule has 0 radical (unpaired) electrons. The molecule has 0 N–H and O–H groups in total. The number of benzene rings is 1. The van der Waals surface area contributed by atoms with Crippen LogP contribution in [0.15, 0.2) is 28.1 Å². The molecule has 8 nitrogen and oxygen atoms in total. The van der Waals surface area contributed by atoms with Gasteiger partial charge in [0.25, 0.3) is 0 Å². The number of ether oxygens (including phenoxy) is 1. The van der Waals surface area contributed by atoms with E-state index in [9.17, 15) is 4.79 Å². The van der Waals surface area contributed by atoms with Gasteiger partial charge >= 0.3 is 5.69 Å². The molecule has 2 rings (SSSR count). The zero-order valence-corrected chi connectivity index (χ0v) is 13.1. The van der Waals surface area contributed by atoms with Gasteiger partial charge in [-0.1, -0.05) is 24.2 Å². The van der Waals surface area contributed by atoms with Crippen molar-refractivity contribution >= 4 is 5.90 Å². The third-order valence-corrected chi connectivity index (χ3v) is 3.28. The number of aryl methyl sites for hydroxylation is 2. The van der Waals surface area contributed by atoms with Crippen molar-refractivity contribution in [3.8, 4) is 5.69 Å². The summed E-state index contributed by atoms with van der Waals surface area (Å²) < 4.78 is 7.36. The first kappa shape index (κ1) is 15.7. The molecule has 0 saturated carbocycles. The summed E-state index contributed by atoms with van der Waals surface area (Å²) in [5.74, 6) is 0.423. The molecule has 0 aliphatic rings.